The molecule has 0 aliphatic carbocycles. The Balaban J connectivity index is 1.40. The molecule has 1 amide bonds. The maximum Gasteiger partial charge on any atom is 0.341 e. The van der Waals surface area contributed by atoms with Gasteiger partial charge in [0.2, 0.25) is 5.91 Å². The van der Waals surface area contributed by atoms with Gasteiger partial charge in [-0.05, 0) is 48.2 Å². The summed E-state index contributed by atoms with van der Waals surface area (Å²) in [6.45, 7) is 6.21. The lowest BCUT2D eigenvalue weighted by Gasteiger charge is -2.15. The second-order valence-corrected chi connectivity index (χ2v) is 11.1. The smallest absolute Gasteiger partial charge is 0.341 e. The first-order valence-electron chi connectivity index (χ1n) is 12.6. The summed E-state index contributed by atoms with van der Waals surface area (Å²) < 4.78 is 18.1. The summed E-state index contributed by atoms with van der Waals surface area (Å²) in [4.78, 5) is 25.5. The van der Waals surface area contributed by atoms with Gasteiger partial charge in [-0.15, -0.1) is 21.5 Å². The van der Waals surface area contributed by atoms with E-state index in [1.807, 2.05) is 60.3 Å². The van der Waals surface area contributed by atoms with Crippen molar-refractivity contribution in [2.45, 2.75) is 37.9 Å². The number of amides is 1. The SMILES string of the molecule is COC(=O)c1c(-c2ccc(OC)cc2)csc1NC(=O)CSc1nnc(C(C)Oc2ccc(C(C)C)cc2)n1C. The van der Waals surface area contributed by atoms with Crippen LogP contribution in [0.25, 0.3) is 11.1 Å². The van der Waals surface area contributed by atoms with Crippen molar-refractivity contribution in [1.82, 2.24) is 14.8 Å². The van der Waals surface area contributed by atoms with Gasteiger partial charge in [-0.3, -0.25) is 4.79 Å². The molecule has 1 atom stereocenters. The molecule has 40 heavy (non-hydrogen) atoms. The summed E-state index contributed by atoms with van der Waals surface area (Å²) in [5, 5.41) is 14.2. The Kier molecular flexibility index (Phi) is 9.49. The Morgan fingerprint density at radius 3 is 2.30 bits per heavy atom. The molecule has 0 aliphatic heterocycles. The zero-order chi connectivity index (χ0) is 28.8. The first-order valence-corrected chi connectivity index (χ1v) is 14.5. The van der Waals surface area contributed by atoms with Crippen LogP contribution in [-0.4, -0.2) is 46.6 Å². The first kappa shape index (κ1) is 29.2. The molecule has 11 heteroatoms. The maximum absolute atomic E-state index is 12.9. The highest BCUT2D eigenvalue weighted by Gasteiger charge is 2.23. The number of esters is 1. The number of hydrogen-bond donors (Lipinski definition) is 1. The van der Waals surface area contributed by atoms with Crippen molar-refractivity contribution in [3.63, 3.8) is 0 Å². The molecule has 0 spiro atoms. The summed E-state index contributed by atoms with van der Waals surface area (Å²) in [5.74, 6) is 1.82. The number of aromatic nitrogens is 3. The average Bonchev–Trinajstić information content (AvgIpc) is 3.54. The van der Waals surface area contributed by atoms with E-state index < -0.39 is 5.97 Å². The number of benzene rings is 2. The van der Waals surface area contributed by atoms with Crippen LogP contribution in [-0.2, 0) is 16.6 Å². The molecular weight excluding hydrogens is 548 g/mol. The Morgan fingerprint density at radius 2 is 1.68 bits per heavy atom. The van der Waals surface area contributed by atoms with Gasteiger partial charge in [0.15, 0.2) is 17.1 Å². The number of methoxy groups -OCH3 is 2. The topological polar surface area (TPSA) is 105 Å². The van der Waals surface area contributed by atoms with E-state index >= 15 is 0 Å². The van der Waals surface area contributed by atoms with E-state index in [1.165, 1.54) is 35.8 Å². The van der Waals surface area contributed by atoms with Crippen molar-refractivity contribution in [3.05, 3.63) is 70.9 Å². The van der Waals surface area contributed by atoms with Crippen LogP contribution in [0, 0.1) is 0 Å². The minimum absolute atomic E-state index is 0.0776. The van der Waals surface area contributed by atoms with Crippen LogP contribution < -0.4 is 14.8 Å². The third-order valence-electron chi connectivity index (χ3n) is 6.26. The highest BCUT2D eigenvalue weighted by molar-refractivity contribution is 7.99. The molecule has 0 saturated heterocycles. The molecule has 9 nitrogen and oxygen atoms in total. The highest BCUT2D eigenvalue weighted by atomic mass is 32.2. The fourth-order valence-electron chi connectivity index (χ4n) is 4.02. The Bertz CT molecular complexity index is 1460. The third-order valence-corrected chi connectivity index (χ3v) is 8.17. The molecule has 1 N–H and O–H groups in total. The van der Waals surface area contributed by atoms with E-state index in [9.17, 15) is 9.59 Å². The minimum atomic E-state index is -0.527. The number of nitrogens with zero attached hydrogens (tertiary/aromatic N) is 3. The second kappa shape index (κ2) is 13.0. The van der Waals surface area contributed by atoms with Crippen LogP contribution in [0.4, 0.5) is 5.00 Å². The van der Waals surface area contributed by atoms with Gasteiger partial charge in [-0.1, -0.05) is 49.9 Å². The predicted octanol–water partition coefficient (Wildman–Crippen LogP) is 6.33. The number of carbonyl (C=O) groups excluding carboxylic acids is 2. The molecule has 4 aromatic rings. The van der Waals surface area contributed by atoms with E-state index in [1.54, 1.807) is 7.11 Å². The van der Waals surface area contributed by atoms with E-state index in [2.05, 4.69) is 41.5 Å². The van der Waals surface area contributed by atoms with Crippen LogP contribution in [0.1, 0.15) is 54.5 Å². The third kappa shape index (κ3) is 6.65. The Hall–Kier alpha value is -3.83. The van der Waals surface area contributed by atoms with Gasteiger partial charge >= 0.3 is 5.97 Å². The van der Waals surface area contributed by atoms with Crippen LogP contribution in [0.3, 0.4) is 0 Å². The lowest BCUT2D eigenvalue weighted by molar-refractivity contribution is -0.113. The predicted molar refractivity (Wildman–Crippen MR) is 158 cm³/mol. The largest absolute Gasteiger partial charge is 0.497 e. The monoisotopic (exact) mass is 580 g/mol. The van der Waals surface area contributed by atoms with Gasteiger partial charge < -0.3 is 24.1 Å². The first-order chi connectivity index (χ1) is 19.2. The number of hydrogen-bond acceptors (Lipinski definition) is 9. The van der Waals surface area contributed by atoms with Crippen molar-refractivity contribution < 1.29 is 23.8 Å². The van der Waals surface area contributed by atoms with Crippen molar-refractivity contribution in [2.24, 2.45) is 7.05 Å². The van der Waals surface area contributed by atoms with Gasteiger partial charge in [0, 0.05) is 18.0 Å². The molecule has 0 bridgehead atoms. The van der Waals surface area contributed by atoms with Crippen molar-refractivity contribution >= 4 is 40.0 Å². The lowest BCUT2D eigenvalue weighted by atomic mass is 10.0. The summed E-state index contributed by atoms with van der Waals surface area (Å²) in [6.07, 6.45) is -0.337. The quantitative estimate of drug-likeness (QED) is 0.162. The Morgan fingerprint density at radius 1 is 1.00 bits per heavy atom. The molecule has 1 unspecified atom stereocenters. The lowest BCUT2D eigenvalue weighted by Crippen LogP contribution is -2.16. The van der Waals surface area contributed by atoms with Crippen LogP contribution in [0.5, 0.6) is 11.5 Å². The fraction of sp³-hybridized carbons (Fsp3) is 0.310. The maximum atomic E-state index is 12.9. The molecule has 2 heterocycles. The number of nitrogens with one attached hydrogen (secondary N) is 1. The van der Waals surface area contributed by atoms with Crippen molar-refractivity contribution in [2.75, 3.05) is 25.3 Å². The standard InChI is InChI=1S/C29H32N4O5S2/c1-17(2)19-7-13-22(14-8-19)38-18(3)26-31-32-29(33(26)4)40-16-24(34)30-27-25(28(35)37-6)23(15-39-27)20-9-11-21(36-5)12-10-20/h7-15,17-18H,16H2,1-6H3,(H,30,34). The van der Waals surface area contributed by atoms with Crippen molar-refractivity contribution in [3.8, 4) is 22.6 Å². The summed E-state index contributed by atoms with van der Waals surface area (Å²) >= 11 is 2.51. The van der Waals surface area contributed by atoms with Gasteiger partial charge in [0.25, 0.3) is 0 Å². The number of anilines is 1. The Labute approximate surface area is 241 Å². The van der Waals surface area contributed by atoms with Gasteiger partial charge in [-0.25, -0.2) is 4.79 Å². The molecule has 0 saturated carbocycles. The molecule has 0 aliphatic rings. The molecule has 4 rings (SSSR count). The fourth-order valence-corrected chi connectivity index (χ4v) is 5.72. The summed E-state index contributed by atoms with van der Waals surface area (Å²) in [6, 6.07) is 15.4. The van der Waals surface area contributed by atoms with Crippen LogP contribution >= 0.6 is 23.1 Å². The average molecular weight is 581 g/mol. The van der Waals surface area contributed by atoms with Gasteiger partial charge in [0.05, 0.1) is 20.0 Å². The number of rotatable bonds is 11. The van der Waals surface area contributed by atoms with E-state index in [4.69, 9.17) is 14.2 Å². The zero-order valence-electron chi connectivity index (χ0n) is 23.3. The molecule has 0 fully saturated rings. The number of carbonyl (C=O) groups is 2. The number of ether oxygens (including phenoxy) is 3. The van der Waals surface area contributed by atoms with E-state index in [0.717, 1.165) is 11.3 Å². The van der Waals surface area contributed by atoms with Crippen molar-refractivity contribution in [1.29, 1.82) is 0 Å². The highest BCUT2D eigenvalue weighted by Crippen LogP contribution is 2.37. The summed E-state index contributed by atoms with van der Waals surface area (Å²) in [7, 11) is 4.75. The normalized spacial score (nSPS) is 11.8. The molecule has 210 valence electrons. The number of thiophene rings is 1. The van der Waals surface area contributed by atoms with Crippen LogP contribution in [0.2, 0.25) is 0 Å². The molecular formula is C29H32N4O5S2. The second-order valence-electron chi connectivity index (χ2n) is 9.29. The molecule has 0 radical (unpaired) electrons. The van der Waals surface area contributed by atoms with E-state index in [-0.39, 0.29) is 17.8 Å². The summed E-state index contributed by atoms with van der Waals surface area (Å²) in [5.41, 5.74) is 3.04. The van der Waals surface area contributed by atoms with Gasteiger partial charge in [0.1, 0.15) is 22.1 Å². The minimum Gasteiger partial charge on any atom is -0.497 e. The molecule has 2 aromatic carbocycles. The molecule has 2 aromatic heterocycles. The van der Waals surface area contributed by atoms with Crippen LogP contribution in [0.15, 0.2) is 59.1 Å². The van der Waals surface area contributed by atoms with Gasteiger partial charge in [-0.2, -0.15) is 0 Å². The van der Waals surface area contributed by atoms with E-state index in [0.29, 0.717) is 38.8 Å². The number of thioether (sulfide) groups is 1. The zero-order valence-corrected chi connectivity index (χ0v) is 24.9.